The summed E-state index contributed by atoms with van der Waals surface area (Å²) in [6, 6.07) is 15.9. The fourth-order valence-corrected chi connectivity index (χ4v) is 4.45. The van der Waals surface area contributed by atoms with E-state index < -0.39 is 0 Å². The van der Waals surface area contributed by atoms with Crippen LogP contribution in [0, 0.1) is 0 Å². The lowest BCUT2D eigenvalue weighted by atomic mass is 10.1. The Kier molecular flexibility index (Phi) is 5.12. The summed E-state index contributed by atoms with van der Waals surface area (Å²) >= 11 is 3.51. The van der Waals surface area contributed by atoms with Crippen molar-refractivity contribution in [3.05, 3.63) is 75.0 Å². The van der Waals surface area contributed by atoms with Crippen molar-refractivity contribution in [1.29, 1.82) is 0 Å². The van der Waals surface area contributed by atoms with Crippen LogP contribution in [-0.4, -0.2) is 32.3 Å². The molecule has 0 aliphatic carbocycles. The van der Waals surface area contributed by atoms with Crippen molar-refractivity contribution in [2.75, 3.05) is 18.0 Å². The fraction of sp³-hybridized carbons (Fsp3) is 0.261. The lowest BCUT2D eigenvalue weighted by Gasteiger charge is -2.26. The van der Waals surface area contributed by atoms with Crippen LogP contribution >= 0.6 is 15.9 Å². The van der Waals surface area contributed by atoms with E-state index >= 15 is 0 Å². The minimum atomic E-state index is -0.0610. The van der Waals surface area contributed by atoms with Gasteiger partial charge in [-0.2, -0.15) is 0 Å². The predicted molar refractivity (Wildman–Crippen MR) is 124 cm³/mol. The summed E-state index contributed by atoms with van der Waals surface area (Å²) in [5, 5.41) is 9.60. The number of allylic oxidation sites excluding steroid dienone is 1. The van der Waals surface area contributed by atoms with E-state index in [1.807, 2.05) is 65.1 Å². The maximum Gasteiger partial charge on any atom is 0.263 e. The lowest BCUT2D eigenvalue weighted by Crippen LogP contribution is -2.31. The van der Waals surface area contributed by atoms with Crippen LogP contribution < -0.4 is 10.5 Å². The highest BCUT2D eigenvalue weighted by atomic mass is 79.9. The molecule has 152 valence electrons. The molecule has 5 rings (SSSR count). The normalized spacial score (nSPS) is 14.9. The second kappa shape index (κ2) is 8.07. The van der Waals surface area contributed by atoms with Crippen LogP contribution in [0.4, 0.5) is 5.95 Å². The first-order chi connectivity index (χ1) is 14.7. The quantitative estimate of drug-likeness (QED) is 0.446. The van der Waals surface area contributed by atoms with Gasteiger partial charge in [0.05, 0.1) is 10.9 Å². The van der Waals surface area contributed by atoms with Crippen LogP contribution in [-0.2, 0) is 6.54 Å². The first-order valence-corrected chi connectivity index (χ1v) is 11.1. The van der Waals surface area contributed by atoms with Gasteiger partial charge >= 0.3 is 0 Å². The van der Waals surface area contributed by atoms with Crippen LogP contribution in [0.15, 0.2) is 63.9 Å². The van der Waals surface area contributed by atoms with E-state index in [1.165, 1.54) is 6.42 Å². The Morgan fingerprint density at radius 2 is 1.80 bits per heavy atom. The van der Waals surface area contributed by atoms with Gasteiger partial charge in [-0.3, -0.25) is 9.36 Å². The van der Waals surface area contributed by atoms with Crippen molar-refractivity contribution in [2.45, 2.75) is 25.8 Å². The Labute approximate surface area is 182 Å². The van der Waals surface area contributed by atoms with Gasteiger partial charge in [0.25, 0.3) is 5.56 Å². The van der Waals surface area contributed by atoms with Gasteiger partial charge in [-0.05, 0) is 43.0 Å². The summed E-state index contributed by atoms with van der Waals surface area (Å²) in [6.07, 6.45) is 7.57. The molecule has 4 aromatic rings. The number of anilines is 1. The Balaban J connectivity index is 1.67. The molecule has 0 amide bonds. The van der Waals surface area contributed by atoms with E-state index in [2.05, 4.69) is 31.0 Å². The molecule has 0 unspecified atom stereocenters. The van der Waals surface area contributed by atoms with E-state index in [0.717, 1.165) is 47.4 Å². The molecule has 2 aromatic carbocycles. The number of piperidine rings is 1. The van der Waals surface area contributed by atoms with E-state index in [-0.39, 0.29) is 5.56 Å². The van der Waals surface area contributed by atoms with Gasteiger partial charge < -0.3 is 4.90 Å². The van der Waals surface area contributed by atoms with Gasteiger partial charge in [-0.25, -0.2) is 4.40 Å². The molecule has 2 aromatic heterocycles. The van der Waals surface area contributed by atoms with Gasteiger partial charge in [-0.1, -0.05) is 58.4 Å². The molecular formula is C23H22BrN5O. The number of hydrogen-bond donors (Lipinski definition) is 0. The molecule has 30 heavy (non-hydrogen) atoms. The van der Waals surface area contributed by atoms with Crippen molar-refractivity contribution >= 4 is 44.6 Å². The summed E-state index contributed by atoms with van der Waals surface area (Å²) in [7, 11) is 0. The van der Waals surface area contributed by atoms with Gasteiger partial charge in [-0.15, -0.1) is 10.2 Å². The largest absolute Gasteiger partial charge is 0.341 e. The first kappa shape index (κ1) is 19.1. The van der Waals surface area contributed by atoms with Gasteiger partial charge in [0, 0.05) is 24.1 Å². The standard InChI is InChI=1S/C23H22BrN5O/c24-18-11-12-20-19(16-18)21(30)28(15-7-10-17-8-3-1-4-9-17)23-26-25-22(29(20)23)27-13-5-2-6-14-27/h1,3-4,7-12,16H,2,5-6,13-15H2/b10-7+. The van der Waals surface area contributed by atoms with Crippen LogP contribution in [0.2, 0.25) is 0 Å². The third-order valence-electron chi connectivity index (χ3n) is 5.58. The lowest BCUT2D eigenvalue weighted by molar-refractivity contribution is 0.567. The fourth-order valence-electron chi connectivity index (χ4n) is 4.09. The van der Waals surface area contributed by atoms with E-state index in [9.17, 15) is 4.79 Å². The van der Waals surface area contributed by atoms with Gasteiger partial charge in [0.2, 0.25) is 11.7 Å². The maximum absolute atomic E-state index is 13.3. The second-order valence-electron chi connectivity index (χ2n) is 7.57. The molecule has 3 heterocycles. The second-order valence-corrected chi connectivity index (χ2v) is 8.49. The average Bonchev–Trinajstić information content (AvgIpc) is 3.22. The SMILES string of the molecule is O=c1c2cc(Br)ccc2n2c(N3CCCCC3)nnc2n1C/C=C/c1ccccc1. The smallest absolute Gasteiger partial charge is 0.263 e. The summed E-state index contributed by atoms with van der Waals surface area (Å²) in [4.78, 5) is 15.6. The van der Waals surface area contributed by atoms with Gasteiger partial charge in [0.1, 0.15) is 0 Å². The topological polar surface area (TPSA) is 55.4 Å². The molecule has 0 radical (unpaired) electrons. The average molecular weight is 464 g/mol. The zero-order chi connectivity index (χ0) is 20.5. The third kappa shape index (κ3) is 3.43. The molecule has 1 fully saturated rings. The molecule has 1 aliphatic rings. The number of hydrogen-bond acceptors (Lipinski definition) is 4. The Morgan fingerprint density at radius 1 is 1.00 bits per heavy atom. The molecule has 0 atom stereocenters. The number of fused-ring (bicyclic) bond motifs is 3. The minimum absolute atomic E-state index is 0.0610. The highest BCUT2D eigenvalue weighted by molar-refractivity contribution is 9.10. The molecule has 1 saturated heterocycles. The minimum Gasteiger partial charge on any atom is -0.341 e. The third-order valence-corrected chi connectivity index (χ3v) is 6.08. The summed E-state index contributed by atoms with van der Waals surface area (Å²) in [6.45, 7) is 2.36. The Bertz CT molecular complexity index is 1290. The molecule has 0 N–H and O–H groups in total. The van der Waals surface area contributed by atoms with Crippen molar-refractivity contribution in [3.63, 3.8) is 0 Å². The summed E-state index contributed by atoms with van der Waals surface area (Å²) < 4.78 is 4.62. The van der Waals surface area contributed by atoms with Crippen LogP contribution in [0.3, 0.4) is 0 Å². The highest BCUT2D eigenvalue weighted by Gasteiger charge is 2.21. The monoisotopic (exact) mass is 463 g/mol. The van der Waals surface area contributed by atoms with E-state index in [4.69, 9.17) is 0 Å². The van der Waals surface area contributed by atoms with Gasteiger partial charge in [0.15, 0.2) is 0 Å². The highest BCUT2D eigenvalue weighted by Crippen LogP contribution is 2.24. The van der Waals surface area contributed by atoms with Crippen LogP contribution in [0.25, 0.3) is 22.8 Å². The molecule has 1 aliphatic heterocycles. The molecule has 0 bridgehead atoms. The zero-order valence-corrected chi connectivity index (χ0v) is 18.1. The Morgan fingerprint density at radius 3 is 2.60 bits per heavy atom. The molecule has 7 heteroatoms. The van der Waals surface area contributed by atoms with Crippen molar-refractivity contribution < 1.29 is 0 Å². The molecule has 6 nitrogen and oxygen atoms in total. The molecule has 0 saturated carbocycles. The van der Waals surface area contributed by atoms with Crippen molar-refractivity contribution in [3.8, 4) is 0 Å². The zero-order valence-electron chi connectivity index (χ0n) is 16.5. The number of halogens is 1. The van der Waals surface area contributed by atoms with E-state index in [1.54, 1.807) is 4.57 Å². The molecular weight excluding hydrogens is 442 g/mol. The molecule has 0 spiro atoms. The van der Waals surface area contributed by atoms with Crippen LogP contribution in [0.5, 0.6) is 0 Å². The number of benzene rings is 2. The van der Waals surface area contributed by atoms with Crippen LogP contribution in [0.1, 0.15) is 24.8 Å². The number of aromatic nitrogens is 4. The van der Waals surface area contributed by atoms with Crippen molar-refractivity contribution in [2.24, 2.45) is 0 Å². The first-order valence-electron chi connectivity index (χ1n) is 10.3. The Hall–Kier alpha value is -2.93. The van der Waals surface area contributed by atoms with E-state index in [0.29, 0.717) is 17.7 Å². The van der Waals surface area contributed by atoms with Crippen molar-refractivity contribution in [1.82, 2.24) is 19.2 Å². The summed E-state index contributed by atoms with van der Waals surface area (Å²) in [5.41, 5.74) is 1.88. The predicted octanol–water partition coefficient (Wildman–Crippen LogP) is 4.51. The maximum atomic E-state index is 13.3. The number of nitrogens with zero attached hydrogens (tertiary/aromatic N) is 5. The summed E-state index contributed by atoms with van der Waals surface area (Å²) in [5.74, 6) is 1.39. The number of rotatable bonds is 4.